The van der Waals surface area contributed by atoms with Gasteiger partial charge in [-0.25, -0.2) is 0 Å². The van der Waals surface area contributed by atoms with Gasteiger partial charge in [-0.1, -0.05) is 29.8 Å². The normalized spacial score (nSPS) is 16.7. The molecule has 1 aliphatic rings. The predicted octanol–water partition coefficient (Wildman–Crippen LogP) is 2.98. The standard InChI is InChI=1S/C23H27N3O4/c1-15-9-11-18(12-10-15)30-17(3)23(29)25(4)14-22(28)26-16(2)13-21(27)24-19-7-5-6-8-20(19)26/h5-12,16-17H,13-14H2,1-4H3,(H,24,27)/t16-,17-/m0/s1. The maximum Gasteiger partial charge on any atom is 0.263 e. The fourth-order valence-corrected chi connectivity index (χ4v) is 3.51. The average Bonchev–Trinajstić information content (AvgIpc) is 2.83. The Balaban J connectivity index is 1.70. The summed E-state index contributed by atoms with van der Waals surface area (Å²) in [6.07, 6.45) is -0.548. The van der Waals surface area contributed by atoms with Crippen molar-refractivity contribution in [2.75, 3.05) is 23.8 Å². The number of nitrogens with zero attached hydrogens (tertiary/aromatic N) is 2. The van der Waals surface area contributed by atoms with Crippen LogP contribution in [0.25, 0.3) is 0 Å². The molecule has 0 aromatic heterocycles. The molecular formula is C23H27N3O4. The van der Waals surface area contributed by atoms with Gasteiger partial charge >= 0.3 is 0 Å². The summed E-state index contributed by atoms with van der Waals surface area (Å²) in [6.45, 7) is 5.34. The Hall–Kier alpha value is -3.35. The van der Waals surface area contributed by atoms with Crippen LogP contribution >= 0.6 is 0 Å². The Morgan fingerprint density at radius 3 is 2.57 bits per heavy atom. The zero-order valence-electron chi connectivity index (χ0n) is 17.7. The minimum Gasteiger partial charge on any atom is -0.481 e. The van der Waals surface area contributed by atoms with E-state index in [1.807, 2.05) is 44.2 Å². The lowest BCUT2D eigenvalue weighted by Crippen LogP contribution is -2.47. The van der Waals surface area contributed by atoms with E-state index in [1.54, 1.807) is 37.1 Å². The number of carbonyl (C=O) groups excluding carboxylic acids is 3. The Morgan fingerprint density at radius 2 is 1.87 bits per heavy atom. The van der Waals surface area contributed by atoms with Gasteiger partial charge in [-0.3, -0.25) is 14.4 Å². The molecule has 0 spiro atoms. The summed E-state index contributed by atoms with van der Waals surface area (Å²) < 4.78 is 5.72. The Bertz CT molecular complexity index is 942. The number of aryl methyl sites for hydroxylation is 1. The van der Waals surface area contributed by atoms with Crippen LogP contribution in [0.3, 0.4) is 0 Å². The van der Waals surface area contributed by atoms with Crippen molar-refractivity contribution in [3.63, 3.8) is 0 Å². The van der Waals surface area contributed by atoms with Crippen molar-refractivity contribution in [3.8, 4) is 5.75 Å². The van der Waals surface area contributed by atoms with Crippen LogP contribution in [0.15, 0.2) is 48.5 Å². The minimum absolute atomic E-state index is 0.118. The lowest BCUT2D eigenvalue weighted by molar-refractivity contribution is -0.139. The molecule has 158 valence electrons. The molecule has 3 rings (SSSR count). The number of ether oxygens (including phenoxy) is 1. The quantitative estimate of drug-likeness (QED) is 0.823. The summed E-state index contributed by atoms with van der Waals surface area (Å²) in [5.41, 5.74) is 2.32. The zero-order chi connectivity index (χ0) is 21.8. The van der Waals surface area contributed by atoms with E-state index in [-0.39, 0.29) is 36.7 Å². The van der Waals surface area contributed by atoms with Gasteiger partial charge in [-0.15, -0.1) is 0 Å². The third-order valence-electron chi connectivity index (χ3n) is 5.06. The van der Waals surface area contributed by atoms with E-state index in [1.165, 1.54) is 4.90 Å². The molecule has 1 aliphatic heterocycles. The molecule has 3 amide bonds. The van der Waals surface area contributed by atoms with Crippen molar-refractivity contribution in [2.45, 2.75) is 39.3 Å². The number of para-hydroxylation sites is 2. The number of carbonyl (C=O) groups is 3. The van der Waals surface area contributed by atoms with Crippen molar-refractivity contribution in [1.82, 2.24) is 4.90 Å². The van der Waals surface area contributed by atoms with Gasteiger partial charge in [0.2, 0.25) is 11.8 Å². The summed E-state index contributed by atoms with van der Waals surface area (Å²) in [4.78, 5) is 40.9. The number of nitrogens with one attached hydrogen (secondary N) is 1. The molecule has 0 bridgehead atoms. The van der Waals surface area contributed by atoms with Crippen molar-refractivity contribution in [2.24, 2.45) is 0 Å². The van der Waals surface area contributed by atoms with Crippen LogP contribution in [0.2, 0.25) is 0 Å². The number of hydrogen-bond donors (Lipinski definition) is 1. The second kappa shape index (κ2) is 8.98. The van der Waals surface area contributed by atoms with Crippen molar-refractivity contribution < 1.29 is 19.1 Å². The topological polar surface area (TPSA) is 79.0 Å². The van der Waals surface area contributed by atoms with Crippen LogP contribution in [0.1, 0.15) is 25.8 Å². The van der Waals surface area contributed by atoms with Crippen LogP contribution in [0.4, 0.5) is 11.4 Å². The van der Waals surface area contributed by atoms with E-state index in [0.29, 0.717) is 17.1 Å². The molecule has 0 saturated heterocycles. The maximum absolute atomic E-state index is 13.1. The van der Waals surface area contributed by atoms with Gasteiger partial charge in [-0.2, -0.15) is 0 Å². The molecule has 0 radical (unpaired) electrons. The molecule has 30 heavy (non-hydrogen) atoms. The Morgan fingerprint density at radius 1 is 1.20 bits per heavy atom. The number of likely N-dealkylation sites (N-methyl/N-ethyl adjacent to an activating group) is 1. The highest BCUT2D eigenvalue weighted by molar-refractivity contribution is 6.05. The van der Waals surface area contributed by atoms with E-state index in [9.17, 15) is 14.4 Å². The van der Waals surface area contributed by atoms with Crippen molar-refractivity contribution >= 4 is 29.1 Å². The summed E-state index contributed by atoms with van der Waals surface area (Å²) in [5.74, 6) is -0.102. The number of rotatable bonds is 5. The van der Waals surface area contributed by atoms with Gasteiger partial charge < -0.3 is 19.9 Å². The van der Waals surface area contributed by atoms with Gasteiger partial charge in [-0.05, 0) is 45.0 Å². The lowest BCUT2D eigenvalue weighted by Gasteiger charge is -2.30. The molecular weight excluding hydrogens is 382 g/mol. The molecule has 7 nitrogen and oxygen atoms in total. The number of anilines is 2. The van der Waals surface area contributed by atoms with Gasteiger partial charge in [0.1, 0.15) is 5.75 Å². The van der Waals surface area contributed by atoms with Crippen LogP contribution in [0.5, 0.6) is 5.75 Å². The first-order chi connectivity index (χ1) is 14.3. The average molecular weight is 409 g/mol. The van der Waals surface area contributed by atoms with Gasteiger partial charge in [0.15, 0.2) is 6.10 Å². The highest BCUT2D eigenvalue weighted by Gasteiger charge is 2.31. The van der Waals surface area contributed by atoms with Crippen LogP contribution < -0.4 is 15.0 Å². The fraction of sp³-hybridized carbons (Fsp3) is 0.348. The summed E-state index contributed by atoms with van der Waals surface area (Å²) in [5, 5.41) is 2.83. The molecule has 0 saturated carbocycles. The molecule has 0 unspecified atom stereocenters. The molecule has 0 aliphatic carbocycles. The third-order valence-corrected chi connectivity index (χ3v) is 5.06. The van der Waals surface area contributed by atoms with Crippen molar-refractivity contribution in [1.29, 1.82) is 0 Å². The van der Waals surface area contributed by atoms with Crippen molar-refractivity contribution in [3.05, 3.63) is 54.1 Å². The van der Waals surface area contributed by atoms with E-state index < -0.39 is 6.10 Å². The van der Waals surface area contributed by atoms with Gasteiger partial charge in [0.25, 0.3) is 5.91 Å². The number of benzene rings is 2. The third kappa shape index (κ3) is 4.79. The van der Waals surface area contributed by atoms with E-state index in [4.69, 9.17) is 4.74 Å². The van der Waals surface area contributed by atoms with E-state index in [0.717, 1.165) is 5.56 Å². The van der Waals surface area contributed by atoms with Gasteiger partial charge in [0, 0.05) is 19.5 Å². The van der Waals surface area contributed by atoms with Crippen LogP contribution in [0, 0.1) is 6.92 Å². The molecule has 2 aromatic rings. The van der Waals surface area contributed by atoms with E-state index in [2.05, 4.69) is 5.32 Å². The number of fused-ring (bicyclic) bond motifs is 1. The monoisotopic (exact) mass is 409 g/mol. The summed E-state index contributed by atoms with van der Waals surface area (Å²) in [6, 6.07) is 14.3. The largest absolute Gasteiger partial charge is 0.481 e. The number of hydrogen-bond acceptors (Lipinski definition) is 4. The summed E-state index contributed by atoms with van der Waals surface area (Å²) >= 11 is 0. The van der Waals surface area contributed by atoms with Gasteiger partial charge in [0.05, 0.1) is 17.9 Å². The Labute approximate surface area is 176 Å². The first kappa shape index (κ1) is 21.4. The molecule has 1 N–H and O–H groups in total. The SMILES string of the molecule is Cc1ccc(O[C@@H](C)C(=O)N(C)CC(=O)N2c3ccccc3NC(=O)C[C@@H]2C)cc1. The molecule has 7 heteroatoms. The first-order valence-corrected chi connectivity index (χ1v) is 9.95. The van der Waals surface area contributed by atoms with E-state index >= 15 is 0 Å². The molecule has 1 heterocycles. The van der Waals surface area contributed by atoms with Crippen LogP contribution in [-0.2, 0) is 14.4 Å². The fourth-order valence-electron chi connectivity index (χ4n) is 3.51. The molecule has 0 fully saturated rings. The second-order valence-electron chi connectivity index (χ2n) is 7.65. The maximum atomic E-state index is 13.1. The second-order valence-corrected chi connectivity index (χ2v) is 7.65. The highest BCUT2D eigenvalue weighted by atomic mass is 16.5. The minimum atomic E-state index is -0.734. The highest BCUT2D eigenvalue weighted by Crippen LogP contribution is 2.31. The van der Waals surface area contributed by atoms with Crippen LogP contribution in [-0.4, -0.2) is 48.4 Å². The lowest BCUT2D eigenvalue weighted by atomic mass is 10.1. The summed E-state index contributed by atoms with van der Waals surface area (Å²) in [7, 11) is 1.58. The first-order valence-electron chi connectivity index (χ1n) is 9.95. The predicted molar refractivity (Wildman–Crippen MR) is 116 cm³/mol. The smallest absolute Gasteiger partial charge is 0.263 e. The zero-order valence-corrected chi connectivity index (χ0v) is 17.7. The molecule has 2 aromatic carbocycles. The molecule has 2 atom stereocenters. The number of amides is 3. The Kier molecular flexibility index (Phi) is 6.40.